The van der Waals surface area contributed by atoms with E-state index in [9.17, 15) is 18.0 Å². The number of rotatable bonds is 11. The van der Waals surface area contributed by atoms with Crippen LogP contribution in [0.15, 0.2) is 48.5 Å². The standard InChI is InChI=1S/C24H32ClN3O5S/c1-6-20(24(30)26-17(2)3)27(15-18-11-13-19(25)14-12-18)23(29)16-28(34(5,31)32)21-9-7-8-10-22(21)33-4/h7-14,17,20H,6,15-16H2,1-5H3,(H,26,30). The first-order valence-electron chi connectivity index (χ1n) is 10.9. The van der Waals surface area contributed by atoms with Gasteiger partial charge in [0, 0.05) is 17.6 Å². The summed E-state index contributed by atoms with van der Waals surface area (Å²) in [6.07, 6.45) is 1.38. The molecule has 186 valence electrons. The first-order chi connectivity index (χ1) is 16.0. The van der Waals surface area contributed by atoms with Gasteiger partial charge in [0.2, 0.25) is 21.8 Å². The number of para-hydroxylation sites is 2. The van der Waals surface area contributed by atoms with Crippen LogP contribution in [0.25, 0.3) is 0 Å². The highest BCUT2D eigenvalue weighted by atomic mass is 35.5. The molecule has 2 aromatic rings. The van der Waals surface area contributed by atoms with Crippen LogP contribution in [-0.4, -0.2) is 57.1 Å². The smallest absolute Gasteiger partial charge is 0.244 e. The lowest BCUT2D eigenvalue weighted by Crippen LogP contribution is -2.53. The zero-order valence-electron chi connectivity index (χ0n) is 20.1. The first-order valence-corrected chi connectivity index (χ1v) is 13.2. The van der Waals surface area contributed by atoms with Crippen LogP contribution in [0.3, 0.4) is 0 Å². The number of halogens is 1. The van der Waals surface area contributed by atoms with E-state index in [0.29, 0.717) is 17.2 Å². The molecule has 10 heteroatoms. The maximum atomic E-state index is 13.6. The minimum atomic E-state index is -3.84. The van der Waals surface area contributed by atoms with E-state index in [1.165, 1.54) is 12.0 Å². The van der Waals surface area contributed by atoms with E-state index in [0.717, 1.165) is 16.1 Å². The zero-order valence-corrected chi connectivity index (χ0v) is 21.7. The van der Waals surface area contributed by atoms with Gasteiger partial charge in [0.05, 0.1) is 19.1 Å². The van der Waals surface area contributed by atoms with Crippen LogP contribution in [0.5, 0.6) is 5.75 Å². The van der Waals surface area contributed by atoms with E-state index < -0.39 is 28.5 Å². The molecule has 8 nitrogen and oxygen atoms in total. The number of hydrogen-bond donors (Lipinski definition) is 1. The van der Waals surface area contributed by atoms with Crippen molar-refractivity contribution in [1.82, 2.24) is 10.2 Å². The Morgan fingerprint density at radius 1 is 1.09 bits per heavy atom. The van der Waals surface area contributed by atoms with E-state index in [-0.39, 0.29) is 24.2 Å². The number of amides is 2. The molecule has 0 radical (unpaired) electrons. The molecule has 0 aliphatic carbocycles. The van der Waals surface area contributed by atoms with Crippen molar-refractivity contribution < 1.29 is 22.7 Å². The average molecular weight is 510 g/mol. The minimum Gasteiger partial charge on any atom is -0.495 e. The normalized spacial score (nSPS) is 12.2. The SMILES string of the molecule is CCC(C(=O)NC(C)C)N(Cc1ccc(Cl)cc1)C(=O)CN(c1ccccc1OC)S(C)(=O)=O. The number of ether oxygens (including phenoxy) is 1. The summed E-state index contributed by atoms with van der Waals surface area (Å²) in [5, 5.41) is 3.40. The zero-order chi connectivity index (χ0) is 25.5. The van der Waals surface area contributed by atoms with Crippen molar-refractivity contribution >= 4 is 39.1 Å². The summed E-state index contributed by atoms with van der Waals surface area (Å²) < 4.78 is 31.7. The summed E-state index contributed by atoms with van der Waals surface area (Å²) in [5.74, 6) is -0.505. The van der Waals surface area contributed by atoms with Crippen LogP contribution in [0.4, 0.5) is 5.69 Å². The third-order valence-corrected chi connectivity index (χ3v) is 6.49. The fourth-order valence-electron chi connectivity index (χ4n) is 3.52. The van der Waals surface area contributed by atoms with E-state index in [4.69, 9.17) is 16.3 Å². The predicted octanol–water partition coefficient (Wildman–Crippen LogP) is 3.45. The molecule has 2 rings (SSSR count). The third-order valence-electron chi connectivity index (χ3n) is 5.12. The predicted molar refractivity (Wildman–Crippen MR) is 135 cm³/mol. The lowest BCUT2D eigenvalue weighted by atomic mass is 10.1. The lowest BCUT2D eigenvalue weighted by Gasteiger charge is -2.33. The van der Waals surface area contributed by atoms with Crippen molar-refractivity contribution in [3.63, 3.8) is 0 Å². The topological polar surface area (TPSA) is 96.0 Å². The van der Waals surface area contributed by atoms with Gasteiger partial charge in [0.25, 0.3) is 0 Å². The van der Waals surface area contributed by atoms with Gasteiger partial charge in [-0.2, -0.15) is 0 Å². The van der Waals surface area contributed by atoms with Crippen LogP contribution in [0.2, 0.25) is 5.02 Å². The fourth-order valence-corrected chi connectivity index (χ4v) is 4.50. The summed E-state index contributed by atoms with van der Waals surface area (Å²) in [7, 11) is -2.41. The first kappa shape index (κ1) is 27.5. The monoisotopic (exact) mass is 509 g/mol. The highest BCUT2D eigenvalue weighted by molar-refractivity contribution is 7.92. The Labute approximate surface area is 206 Å². The Kier molecular flexibility index (Phi) is 9.76. The molecule has 0 aliphatic rings. The quantitative estimate of drug-likeness (QED) is 0.500. The number of nitrogens with zero attached hydrogens (tertiary/aromatic N) is 2. The van der Waals surface area contributed by atoms with Crippen LogP contribution in [0.1, 0.15) is 32.8 Å². The Hall–Kier alpha value is -2.78. The Morgan fingerprint density at radius 2 is 1.71 bits per heavy atom. The number of benzene rings is 2. The second-order valence-corrected chi connectivity index (χ2v) is 10.5. The second-order valence-electron chi connectivity index (χ2n) is 8.18. The molecule has 1 N–H and O–H groups in total. The number of nitrogens with one attached hydrogen (secondary N) is 1. The van der Waals surface area contributed by atoms with Crippen molar-refractivity contribution in [3.05, 3.63) is 59.1 Å². The molecule has 2 aromatic carbocycles. The van der Waals surface area contributed by atoms with Gasteiger partial charge in [-0.05, 0) is 50.1 Å². The van der Waals surface area contributed by atoms with Crippen LogP contribution in [-0.2, 0) is 26.2 Å². The minimum absolute atomic E-state index is 0.115. The maximum Gasteiger partial charge on any atom is 0.244 e. The Bertz CT molecular complexity index is 1090. The van der Waals surface area contributed by atoms with Crippen molar-refractivity contribution in [2.24, 2.45) is 0 Å². The molecule has 2 amide bonds. The number of hydrogen-bond acceptors (Lipinski definition) is 5. The number of sulfonamides is 1. The Balaban J connectivity index is 2.47. The molecule has 1 atom stereocenters. The van der Waals surface area contributed by atoms with Crippen LogP contribution >= 0.6 is 11.6 Å². The van der Waals surface area contributed by atoms with E-state index >= 15 is 0 Å². The van der Waals surface area contributed by atoms with Crippen molar-refractivity contribution in [1.29, 1.82) is 0 Å². The van der Waals surface area contributed by atoms with Crippen molar-refractivity contribution in [2.45, 2.75) is 45.8 Å². The number of methoxy groups -OCH3 is 1. The summed E-state index contributed by atoms with van der Waals surface area (Å²) in [5.41, 5.74) is 1.00. The molecule has 0 saturated carbocycles. The molecule has 0 bridgehead atoms. The highest BCUT2D eigenvalue weighted by Crippen LogP contribution is 2.29. The molecular formula is C24H32ClN3O5S. The maximum absolute atomic E-state index is 13.6. The summed E-state index contributed by atoms with van der Waals surface area (Å²) >= 11 is 5.99. The fraction of sp³-hybridized carbons (Fsp3) is 0.417. The number of carbonyl (C=O) groups is 2. The average Bonchev–Trinajstić information content (AvgIpc) is 2.77. The van der Waals surface area contributed by atoms with Gasteiger partial charge in [-0.3, -0.25) is 13.9 Å². The molecule has 34 heavy (non-hydrogen) atoms. The number of anilines is 1. The molecular weight excluding hydrogens is 478 g/mol. The van der Waals surface area contributed by atoms with Crippen molar-refractivity contribution in [3.8, 4) is 5.75 Å². The van der Waals surface area contributed by atoms with E-state index in [1.807, 2.05) is 13.8 Å². The van der Waals surface area contributed by atoms with Gasteiger partial charge in [0.1, 0.15) is 18.3 Å². The summed E-state index contributed by atoms with van der Waals surface area (Å²) in [6, 6.07) is 12.6. The van der Waals surface area contributed by atoms with E-state index in [2.05, 4.69) is 5.32 Å². The molecule has 0 fully saturated rings. The van der Waals surface area contributed by atoms with Gasteiger partial charge in [-0.25, -0.2) is 8.42 Å². The van der Waals surface area contributed by atoms with Gasteiger partial charge in [-0.1, -0.05) is 42.8 Å². The second kappa shape index (κ2) is 12.1. The van der Waals surface area contributed by atoms with Crippen LogP contribution < -0.4 is 14.4 Å². The van der Waals surface area contributed by atoms with Gasteiger partial charge in [0.15, 0.2) is 0 Å². The van der Waals surface area contributed by atoms with Crippen molar-refractivity contribution in [2.75, 3.05) is 24.2 Å². The van der Waals surface area contributed by atoms with Gasteiger partial charge >= 0.3 is 0 Å². The molecule has 0 aliphatic heterocycles. The van der Waals surface area contributed by atoms with E-state index in [1.54, 1.807) is 55.5 Å². The number of carbonyl (C=O) groups excluding carboxylic acids is 2. The molecule has 0 aromatic heterocycles. The van der Waals surface area contributed by atoms with Crippen LogP contribution in [0, 0.1) is 0 Å². The summed E-state index contributed by atoms with van der Waals surface area (Å²) in [4.78, 5) is 28.0. The summed E-state index contributed by atoms with van der Waals surface area (Å²) in [6.45, 7) is 5.11. The van der Waals surface area contributed by atoms with Gasteiger partial charge in [-0.15, -0.1) is 0 Å². The molecule has 0 heterocycles. The highest BCUT2D eigenvalue weighted by Gasteiger charge is 2.32. The largest absolute Gasteiger partial charge is 0.495 e. The van der Waals surface area contributed by atoms with Gasteiger partial charge < -0.3 is 15.0 Å². The molecule has 0 spiro atoms. The molecule has 0 saturated heterocycles. The lowest BCUT2D eigenvalue weighted by molar-refractivity contribution is -0.140. The molecule has 1 unspecified atom stereocenters. The Morgan fingerprint density at radius 3 is 2.24 bits per heavy atom. The third kappa shape index (κ3) is 7.36.